The SMILES string of the molecule is C/C(=N/O)c1cc(C)ccc1OCc1cc(F)cc(F)c1. The second-order valence-electron chi connectivity index (χ2n) is 4.75. The maximum atomic E-state index is 13.1. The molecule has 110 valence electrons. The number of aryl methyl sites for hydroxylation is 1. The molecule has 0 heterocycles. The average molecular weight is 291 g/mol. The van der Waals surface area contributed by atoms with Gasteiger partial charge in [0.05, 0.1) is 5.71 Å². The lowest BCUT2D eigenvalue weighted by Crippen LogP contribution is -2.03. The highest BCUT2D eigenvalue weighted by Crippen LogP contribution is 2.22. The van der Waals surface area contributed by atoms with Gasteiger partial charge < -0.3 is 9.94 Å². The first-order valence-electron chi connectivity index (χ1n) is 6.37. The molecule has 5 heteroatoms. The zero-order valence-electron chi connectivity index (χ0n) is 11.7. The van der Waals surface area contributed by atoms with Crippen LogP contribution in [-0.4, -0.2) is 10.9 Å². The normalized spacial score (nSPS) is 11.5. The number of benzene rings is 2. The minimum atomic E-state index is -0.647. The smallest absolute Gasteiger partial charge is 0.128 e. The molecule has 2 aromatic carbocycles. The van der Waals surface area contributed by atoms with Crippen molar-refractivity contribution in [2.24, 2.45) is 5.16 Å². The van der Waals surface area contributed by atoms with Crippen molar-refractivity contribution >= 4 is 5.71 Å². The van der Waals surface area contributed by atoms with E-state index in [2.05, 4.69) is 5.16 Å². The lowest BCUT2D eigenvalue weighted by Gasteiger charge is -2.12. The quantitative estimate of drug-likeness (QED) is 0.524. The fraction of sp³-hybridized carbons (Fsp3) is 0.188. The van der Waals surface area contributed by atoms with E-state index in [0.717, 1.165) is 11.6 Å². The molecular formula is C16H15F2NO2. The van der Waals surface area contributed by atoms with Crippen LogP contribution in [0.2, 0.25) is 0 Å². The molecule has 0 spiro atoms. The van der Waals surface area contributed by atoms with Crippen molar-refractivity contribution in [3.63, 3.8) is 0 Å². The number of hydrogen-bond donors (Lipinski definition) is 1. The minimum absolute atomic E-state index is 0.0173. The topological polar surface area (TPSA) is 41.8 Å². The summed E-state index contributed by atoms with van der Waals surface area (Å²) in [7, 11) is 0. The molecule has 0 amide bonds. The van der Waals surface area contributed by atoms with Crippen LogP contribution in [0.4, 0.5) is 8.78 Å². The van der Waals surface area contributed by atoms with Crippen LogP contribution in [0, 0.1) is 18.6 Å². The van der Waals surface area contributed by atoms with E-state index in [0.29, 0.717) is 22.6 Å². The van der Waals surface area contributed by atoms with Crippen LogP contribution >= 0.6 is 0 Å². The first-order chi connectivity index (χ1) is 9.99. The van der Waals surface area contributed by atoms with Gasteiger partial charge in [0.25, 0.3) is 0 Å². The maximum absolute atomic E-state index is 13.1. The Morgan fingerprint density at radius 1 is 1.14 bits per heavy atom. The molecule has 21 heavy (non-hydrogen) atoms. The second-order valence-corrected chi connectivity index (χ2v) is 4.75. The van der Waals surface area contributed by atoms with Crippen molar-refractivity contribution in [3.05, 3.63) is 64.7 Å². The molecule has 0 unspecified atom stereocenters. The highest BCUT2D eigenvalue weighted by Gasteiger charge is 2.09. The van der Waals surface area contributed by atoms with Crippen molar-refractivity contribution in [2.75, 3.05) is 0 Å². The van der Waals surface area contributed by atoms with E-state index < -0.39 is 11.6 Å². The Bertz CT molecular complexity index is 664. The summed E-state index contributed by atoms with van der Waals surface area (Å²) in [6.45, 7) is 3.56. The molecule has 2 rings (SSSR count). The summed E-state index contributed by atoms with van der Waals surface area (Å²) in [5.41, 5.74) is 2.41. The minimum Gasteiger partial charge on any atom is -0.488 e. The first kappa shape index (κ1) is 15.0. The Morgan fingerprint density at radius 2 is 1.81 bits per heavy atom. The van der Waals surface area contributed by atoms with Gasteiger partial charge >= 0.3 is 0 Å². The summed E-state index contributed by atoms with van der Waals surface area (Å²) in [5.74, 6) is -0.808. The molecule has 0 aromatic heterocycles. The molecule has 2 aromatic rings. The Morgan fingerprint density at radius 3 is 2.43 bits per heavy atom. The summed E-state index contributed by atoms with van der Waals surface area (Å²) in [5, 5.41) is 12.1. The monoisotopic (exact) mass is 291 g/mol. The van der Waals surface area contributed by atoms with Crippen LogP contribution < -0.4 is 4.74 Å². The van der Waals surface area contributed by atoms with Crippen LogP contribution in [0.3, 0.4) is 0 Å². The highest BCUT2D eigenvalue weighted by molar-refractivity contribution is 6.00. The number of ether oxygens (including phenoxy) is 1. The first-order valence-corrected chi connectivity index (χ1v) is 6.37. The standard InChI is InChI=1S/C16H15F2NO2/c1-10-3-4-16(15(5-10)11(2)19-20)21-9-12-6-13(17)8-14(18)7-12/h3-8,20H,9H2,1-2H3/b19-11-. The highest BCUT2D eigenvalue weighted by atomic mass is 19.1. The van der Waals surface area contributed by atoms with Gasteiger partial charge in [0.15, 0.2) is 0 Å². The second kappa shape index (κ2) is 6.35. The van der Waals surface area contributed by atoms with Crippen LogP contribution in [0.15, 0.2) is 41.6 Å². The lowest BCUT2D eigenvalue weighted by atomic mass is 10.1. The number of rotatable bonds is 4. The van der Waals surface area contributed by atoms with Crippen LogP contribution in [0.1, 0.15) is 23.6 Å². The van der Waals surface area contributed by atoms with Crippen molar-refractivity contribution in [3.8, 4) is 5.75 Å². The van der Waals surface area contributed by atoms with Crippen molar-refractivity contribution in [2.45, 2.75) is 20.5 Å². The van der Waals surface area contributed by atoms with E-state index in [1.54, 1.807) is 13.0 Å². The zero-order valence-corrected chi connectivity index (χ0v) is 11.7. The molecule has 0 atom stereocenters. The van der Waals surface area contributed by atoms with E-state index in [1.165, 1.54) is 12.1 Å². The van der Waals surface area contributed by atoms with E-state index in [-0.39, 0.29) is 6.61 Å². The Balaban J connectivity index is 2.23. The van der Waals surface area contributed by atoms with Crippen molar-refractivity contribution in [1.29, 1.82) is 0 Å². The maximum Gasteiger partial charge on any atom is 0.128 e. The molecule has 0 fully saturated rings. The molecular weight excluding hydrogens is 276 g/mol. The number of nitrogens with zero attached hydrogens (tertiary/aromatic N) is 1. The predicted octanol–water partition coefficient (Wildman–Crippen LogP) is 4.05. The Labute approximate surface area is 121 Å². The van der Waals surface area contributed by atoms with E-state index in [9.17, 15) is 8.78 Å². The fourth-order valence-electron chi connectivity index (χ4n) is 1.96. The van der Waals surface area contributed by atoms with Gasteiger partial charge in [-0.1, -0.05) is 16.8 Å². The number of oxime groups is 1. The third kappa shape index (κ3) is 3.78. The molecule has 0 saturated carbocycles. The molecule has 0 radical (unpaired) electrons. The Kier molecular flexibility index (Phi) is 4.52. The molecule has 3 nitrogen and oxygen atoms in total. The van der Waals surface area contributed by atoms with Gasteiger partial charge in [0, 0.05) is 11.6 Å². The summed E-state index contributed by atoms with van der Waals surface area (Å²) >= 11 is 0. The molecule has 0 aliphatic carbocycles. The number of halogens is 2. The van der Waals surface area contributed by atoms with Gasteiger partial charge in [0.2, 0.25) is 0 Å². The fourth-order valence-corrected chi connectivity index (χ4v) is 1.96. The molecule has 0 aliphatic rings. The summed E-state index contributed by atoms with van der Waals surface area (Å²) in [6.07, 6.45) is 0. The van der Waals surface area contributed by atoms with Crippen LogP contribution in [-0.2, 0) is 6.61 Å². The van der Waals surface area contributed by atoms with E-state index in [4.69, 9.17) is 9.94 Å². The van der Waals surface area contributed by atoms with Crippen LogP contribution in [0.5, 0.6) is 5.75 Å². The summed E-state index contributed by atoms with van der Waals surface area (Å²) in [6, 6.07) is 8.62. The predicted molar refractivity (Wildman–Crippen MR) is 75.9 cm³/mol. The van der Waals surface area contributed by atoms with E-state index >= 15 is 0 Å². The van der Waals surface area contributed by atoms with Gasteiger partial charge in [-0.2, -0.15) is 0 Å². The molecule has 0 aliphatic heterocycles. The molecule has 0 bridgehead atoms. The number of hydrogen-bond acceptors (Lipinski definition) is 3. The van der Waals surface area contributed by atoms with Gasteiger partial charge in [0.1, 0.15) is 24.0 Å². The molecule has 1 N–H and O–H groups in total. The third-order valence-electron chi connectivity index (χ3n) is 2.99. The van der Waals surface area contributed by atoms with Gasteiger partial charge in [-0.3, -0.25) is 0 Å². The van der Waals surface area contributed by atoms with Gasteiger partial charge in [-0.25, -0.2) is 8.78 Å². The van der Waals surface area contributed by atoms with Gasteiger partial charge in [-0.05, 0) is 43.7 Å². The van der Waals surface area contributed by atoms with Gasteiger partial charge in [-0.15, -0.1) is 0 Å². The van der Waals surface area contributed by atoms with E-state index in [1.807, 2.05) is 19.1 Å². The van der Waals surface area contributed by atoms with Crippen molar-refractivity contribution < 1.29 is 18.7 Å². The summed E-state index contributed by atoms with van der Waals surface area (Å²) < 4.78 is 31.8. The van der Waals surface area contributed by atoms with Crippen LogP contribution in [0.25, 0.3) is 0 Å². The lowest BCUT2D eigenvalue weighted by molar-refractivity contribution is 0.302. The van der Waals surface area contributed by atoms with Crippen molar-refractivity contribution in [1.82, 2.24) is 0 Å². The largest absolute Gasteiger partial charge is 0.488 e. The summed E-state index contributed by atoms with van der Waals surface area (Å²) in [4.78, 5) is 0. The Hall–Kier alpha value is -2.43. The third-order valence-corrected chi connectivity index (χ3v) is 2.99. The zero-order chi connectivity index (χ0) is 15.4. The molecule has 0 saturated heterocycles. The average Bonchev–Trinajstić information content (AvgIpc) is 2.44.